The molecule has 1 amide bonds. The quantitative estimate of drug-likeness (QED) is 0.764. The van der Waals surface area contributed by atoms with E-state index in [4.69, 9.17) is 5.73 Å². The lowest BCUT2D eigenvalue weighted by Gasteiger charge is -2.13. The normalized spacial score (nSPS) is 16.5. The first-order valence-electron chi connectivity index (χ1n) is 6.25. The number of nitrogen functional groups attached to an aromatic ring is 1. The number of hydrogen-bond donors (Lipinski definition) is 2. The van der Waals surface area contributed by atoms with Crippen LogP contribution in [0.4, 0.5) is 5.69 Å². The zero-order chi connectivity index (χ0) is 12.3. The summed E-state index contributed by atoms with van der Waals surface area (Å²) < 4.78 is 0. The summed E-state index contributed by atoms with van der Waals surface area (Å²) in [5.74, 6) is 0.0719. The average molecular weight is 232 g/mol. The molecule has 3 N–H and O–H groups in total. The lowest BCUT2D eigenvalue weighted by Crippen LogP contribution is -2.31. The molecule has 0 aromatic heterocycles. The minimum atomic E-state index is 0.0719. The second-order valence-electron chi connectivity index (χ2n) is 5.01. The van der Waals surface area contributed by atoms with Crippen molar-refractivity contribution >= 4 is 11.6 Å². The van der Waals surface area contributed by atoms with Gasteiger partial charge in [0.25, 0.3) is 0 Å². The van der Waals surface area contributed by atoms with Crippen molar-refractivity contribution in [3.8, 4) is 0 Å². The third kappa shape index (κ3) is 2.99. The molecule has 3 nitrogen and oxygen atoms in total. The van der Waals surface area contributed by atoms with Gasteiger partial charge in [0.05, 0.1) is 6.42 Å². The number of nitrogens with one attached hydrogen (secondary N) is 1. The van der Waals surface area contributed by atoms with Crippen molar-refractivity contribution in [3.05, 3.63) is 29.8 Å². The van der Waals surface area contributed by atoms with Crippen LogP contribution < -0.4 is 11.1 Å². The molecule has 0 heterocycles. The van der Waals surface area contributed by atoms with Crippen LogP contribution in [0.15, 0.2) is 24.3 Å². The maximum Gasteiger partial charge on any atom is 0.224 e. The van der Waals surface area contributed by atoms with Gasteiger partial charge in [-0.1, -0.05) is 25.1 Å². The fraction of sp³-hybridized carbons (Fsp3) is 0.500. The van der Waals surface area contributed by atoms with Crippen molar-refractivity contribution in [1.82, 2.24) is 5.32 Å². The third-order valence-electron chi connectivity index (χ3n) is 3.77. The van der Waals surface area contributed by atoms with E-state index in [0.29, 0.717) is 17.5 Å². The third-order valence-corrected chi connectivity index (χ3v) is 3.77. The van der Waals surface area contributed by atoms with E-state index in [1.54, 1.807) is 0 Å². The van der Waals surface area contributed by atoms with Crippen LogP contribution in [-0.2, 0) is 11.2 Å². The number of para-hydroxylation sites is 1. The number of hydrogen-bond acceptors (Lipinski definition) is 2. The van der Waals surface area contributed by atoms with E-state index in [2.05, 4.69) is 12.2 Å². The monoisotopic (exact) mass is 232 g/mol. The van der Waals surface area contributed by atoms with Crippen LogP contribution >= 0.6 is 0 Å². The van der Waals surface area contributed by atoms with Crippen LogP contribution in [-0.4, -0.2) is 12.5 Å². The van der Waals surface area contributed by atoms with Crippen molar-refractivity contribution < 1.29 is 4.79 Å². The van der Waals surface area contributed by atoms with Crippen LogP contribution in [0.5, 0.6) is 0 Å². The highest BCUT2D eigenvalue weighted by molar-refractivity contribution is 5.80. The Balaban J connectivity index is 1.83. The number of anilines is 1. The van der Waals surface area contributed by atoms with Crippen LogP contribution in [0.1, 0.15) is 31.7 Å². The van der Waals surface area contributed by atoms with Gasteiger partial charge >= 0.3 is 0 Å². The van der Waals surface area contributed by atoms with Gasteiger partial charge in [-0.05, 0) is 36.3 Å². The van der Waals surface area contributed by atoms with Crippen molar-refractivity contribution in [2.24, 2.45) is 5.41 Å². The number of nitrogens with two attached hydrogens (primary N) is 1. The Morgan fingerprint density at radius 1 is 1.41 bits per heavy atom. The summed E-state index contributed by atoms with van der Waals surface area (Å²) in [5.41, 5.74) is 7.81. The number of carbonyl (C=O) groups is 1. The molecular weight excluding hydrogens is 212 g/mol. The molecule has 0 atom stereocenters. The van der Waals surface area contributed by atoms with E-state index < -0.39 is 0 Å². The molecule has 0 spiro atoms. The summed E-state index contributed by atoms with van der Waals surface area (Å²) in [6.07, 6.45) is 4.03. The van der Waals surface area contributed by atoms with Gasteiger partial charge in [0.15, 0.2) is 0 Å². The van der Waals surface area contributed by atoms with Gasteiger partial charge in [-0.25, -0.2) is 0 Å². The lowest BCUT2D eigenvalue weighted by molar-refractivity contribution is -0.120. The zero-order valence-electron chi connectivity index (χ0n) is 10.3. The van der Waals surface area contributed by atoms with E-state index in [-0.39, 0.29) is 5.91 Å². The van der Waals surface area contributed by atoms with Crippen LogP contribution in [0, 0.1) is 5.41 Å². The SMILES string of the molecule is CCC1(CNC(=O)Cc2ccccc2N)CC1. The highest BCUT2D eigenvalue weighted by Gasteiger charge is 2.40. The minimum Gasteiger partial charge on any atom is -0.398 e. The van der Waals surface area contributed by atoms with E-state index in [1.807, 2.05) is 24.3 Å². The molecule has 2 rings (SSSR count). The Morgan fingerprint density at radius 3 is 2.71 bits per heavy atom. The summed E-state index contributed by atoms with van der Waals surface area (Å²) in [6.45, 7) is 3.00. The molecule has 1 saturated carbocycles. The Kier molecular flexibility index (Phi) is 3.36. The molecule has 0 unspecified atom stereocenters. The molecule has 0 aliphatic heterocycles. The summed E-state index contributed by atoms with van der Waals surface area (Å²) in [7, 11) is 0. The van der Waals surface area contributed by atoms with Gasteiger partial charge < -0.3 is 11.1 Å². The number of rotatable bonds is 5. The first-order chi connectivity index (χ1) is 8.15. The fourth-order valence-electron chi connectivity index (χ4n) is 2.05. The molecule has 92 valence electrons. The summed E-state index contributed by atoms with van der Waals surface area (Å²) in [6, 6.07) is 7.53. The van der Waals surface area contributed by atoms with E-state index in [9.17, 15) is 4.79 Å². The maximum absolute atomic E-state index is 11.8. The van der Waals surface area contributed by atoms with Crippen LogP contribution in [0.3, 0.4) is 0 Å². The topological polar surface area (TPSA) is 55.1 Å². The van der Waals surface area contributed by atoms with Gasteiger partial charge in [0.1, 0.15) is 0 Å². The molecule has 1 aliphatic rings. The van der Waals surface area contributed by atoms with Crippen LogP contribution in [0.2, 0.25) is 0 Å². The predicted molar refractivity (Wildman–Crippen MR) is 69.5 cm³/mol. The van der Waals surface area contributed by atoms with Gasteiger partial charge in [0, 0.05) is 12.2 Å². The highest BCUT2D eigenvalue weighted by atomic mass is 16.1. The van der Waals surface area contributed by atoms with Crippen molar-refractivity contribution in [2.75, 3.05) is 12.3 Å². The predicted octanol–water partition coefficient (Wildman–Crippen LogP) is 2.12. The Bertz CT molecular complexity index is 410. The summed E-state index contributed by atoms with van der Waals surface area (Å²) in [5, 5.41) is 3.02. The van der Waals surface area contributed by atoms with Crippen molar-refractivity contribution in [2.45, 2.75) is 32.6 Å². The second-order valence-corrected chi connectivity index (χ2v) is 5.01. The number of benzene rings is 1. The zero-order valence-corrected chi connectivity index (χ0v) is 10.3. The molecule has 0 bridgehead atoms. The van der Waals surface area contributed by atoms with E-state index in [1.165, 1.54) is 12.8 Å². The van der Waals surface area contributed by atoms with E-state index >= 15 is 0 Å². The smallest absolute Gasteiger partial charge is 0.224 e. The largest absolute Gasteiger partial charge is 0.398 e. The molecule has 0 saturated heterocycles. The van der Waals surface area contributed by atoms with E-state index in [0.717, 1.165) is 18.5 Å². The first kappa shape index (κ1) is 12.0. The Morgan fingerprint density at radius 2 is 2.12 bits per heavy atom. The standard InChI is InChI=1S/C14H20N2O/c1-2-14(7-8-14)10-16-13(17)9-11-5-3-4-6-12(11)15/h3-6H,2,7-10,15H2,1H3,(H,16,17). The molecule has 1 aromatic carbocycles. The first-order valence-corrected chi connectivity index (χ1v) is 6.25. The lowest BCUT2D eigenvalue weighted by atomic mass is 10.0. The number of carbonyl (C=O) groups excluding carboxylic acids is 1. The second kappa shape index (κ2) is 4.78. The minimum absolute atomic E-state index is 0.0719. The molecule has 1 aromatic rings. The molecule has 0 radical (unpaired) electrons. The van der Waals surface area contributed by atoms with Crippen LogP contribution in [0.25, 0.3) is 0 Å². The molecular formula is C14H20N2O. The number of amides is 1. The fourth-order valence-corrected chi connectivity index (χ4v) is 2.05. The van der Waals surface area contributed by atoms with Gasteiger partial charge in [-0.15, -0.1) is 0 Å². The molecule has 1 aliphatic carbocycles. The van der Waals surface area contributed by atoms with Crippen molar-refractivity contribution in [3.63, 3.8) is 0 Å². The Hall–Kier alpha value is -1.51. The average Bonchev–Trinajstić information content (AvgIpc) is 3.10. The van der Waals surface area contributed by atoms with Gasteiger partial charge in [0.2, 0.25) is 5.91 Å². The summed E-state index contributed by atoms with van der Waals surface area (Å²) >= 11 is 0. The maximum atomic E-state index is 11.8. The molecule has 17 heavy (non-hydrogen) atoms. The molecule has 3 heteroatoms. The Labute approximate surface area is 102 Å². The summed E-state index contributed by atoms with van der Waals surface area (Å²) in [4.78, 5) is 11.8. The highest BCUT2D eigenvalue weighted by Crippen LogP contribution is 2.47. The molecule has 1 fully saturated rings. The van der Waals surface area contributed by atoms with Gasteiger partial charge in [-0.2, -0.15) is 0 Å². The van der Waals surface area contributed by atoms with Gasteiger partial charge in [-0.3, -0.25) is 4.79 Å². The van der Waals surface area contributed by atoms with Crippen molar-refractivity contribution in [1.29, 1.82) is 0 Å².